The van der Waals surface area contributed by atoms with Crippen LogP contribution in [0.5, 0.6) is 5.75 Å². The fraction of sp³-hybridized carbons (Fsp3) is 0.0714. The Morgan fingerprint density at radius 3 is 2.26 bits per heavy atom. The summed E-state index contributed by atoms with van der Waals surface area (Å²) in [6.45, 7) is 11.3. The molecule has 2 aliphatic heterocycles. The topological polar surface area (TPSA) is 39.3 Å². The van der Waals surface area contributed by atoms with Crippen molar-refractivity contribution in [2.24, 2.45) is 0 Å². The van der Waals surface area contributed by atoms with E-state index in [0.717, 1.165) is 80.1 Å². The van der Waals surface area contributed by atoms with E-state index in [2.05, 4.69) is 171 Å². The van der Waals surface area contributed by atoms with E-state index in [0.29, 0.717) is 0 Å². The molecule has 0 radical (unpaired) electrons. The molecule has 0 unspecified atom stereocenters. The number of hydrogen-bond acceptors (Lipinski definition) is 4. The molecule has 4 nitrogen and oxygen atoms in total. The summed E-state index contributed by atoms with van der Waals surface area (Å²) < 4.78 is 18.4. The van der Waals surface area contributed by atoms with Crippen LogP contribution in [0.3, 0.4) is 0 Å². The third kappa shape index (κ3) is 5.26. The molecule has 0 atom stereocenters. The van der Waals surface area contributed by atoms with Gasteiger partial charge in [-0.2, -0.15) is 0 Å². The fourth-order valence-electron chi connectivity index (χ4n) is 10.00. The zero-order valence-electron chi connectivity index (χ0n) is 34.6. The van der Waals surface area contributed by atoms with Crippen LogP contribution in [-0.4, -0.2) is 11.8 Å². The molecule has 0 saturated heterocycles. The summed E-state index contributed by atoms with van der Waals surface area (Å²) in [5.41, 5.74) is 16.6. The van der Waals surface area contributed by atoms with Crippen molar-refractivity contribution in [3.8, 4) is 22.6 Å². The van der Waals surface area contributed by atoms with Gasteiger partial charge in [-0.1, -0.05) is 130 Å². The number of fused-ring (bicyclic) bond motifs is 12. The van der Waals surface area contributed by atoms with E-state index in [-0.39, 0.29) is 5.41 Å². The number of nitrogens with one attached hydrogen (secondary N) is 1. The van der Waals surface area contributed by atoms with Crippen LogP contribution in [-0.2, 0) is 5.41 Å². The number of allylic oxidation sites excluding steroid dienone is 2. The lowest BCUT2D eigenvalue weighted by Gasteiger charge is -2.27. The van der Waals surface area contributed by atoms with E-state index < -0.39 is 0 Å². The van der Waals surface area contributed by atoms with Gasteiger partial charge in [0.15, 0.2) is 7.28 Å². The minimum absolute atomic E-state index is 0.0596. The van der Waals surface area contributed by atoms with Crippen LogP contribution in [0.25, 0.3) is 92.1 Å². The van der Waals surface area contributed by atoms with Crippen LogP contribution in [0, 0.1) is 0 Å². The lowest BCUT2D eigenvalue weighted by molar-refractivity contribution is 0.509. The molecule has 0 fully saturated rings. The Hall–Kier alpha value is -7.28. The van der Waals surface area contributed by atoms with Gasteiger partial charge in [0.25, 0.3) is 0 Å². The molecule has 11 aromatic rings. The Bertz CT molecular complexity index is 3770. The fourth-order valence-corrected chi connectivity index (χ4v) is 11.1. The number of aromatic nitrogens is 1. The first kappa shape index (κ1) is 35.5. The number of ether oxygens (including phenoxy) is 1. The maximum absolute atomic E-state index is 6.77. The molecule has 1 N–H and O–H groups in total. The normalized spacial score (nSPS) is 13.5. The van der Waals surface area contributed by atoms with Crippen molar-refractivity contribution in [3.05, 3.63) is 181 Å². The van der Waals surface area contributed by atoms with Crippen molar-refractivity contribution in [3.63, 3.8) is 0 Å². The molecule has 5 heterocycles. The highest BCUT2D eigenvalue weighted by Crippen LogP contribution is 2.45. The van der Waals surface area contributed by atoms with Gasteiger partial charge in [-0.05, 0) is 76.1 Å². The Kier molecular flexibility index (Phi) is 7.36. The molecule has 8 aromatic carbocycles. The molecule has 0 saturated carbocycles. The molecule has 0 bridgehead atoms. The Morgan fingerprint density at radius 1 is 0.629 bits per heavy atom. The molecule has 0 amide bonds. The van der Waals surface area contributed by atoms with Gasteiger partial charge in [0.1, 0.15) is 22.7 Å². The van der Waals surface area contributed by atoms with Crippen LogP contribution in [0.15, 0.2) is 169 Å². The number of para-hydroxylation sites is 1. The molecule has 294 valence electrons. The van der Waals surface area contributed by atoms with E-state index in [1.54, 1.807) is 0 Å². The summed E-state index contributed by atoms with van der Waals surface area (Å²) in [4.78, 5) is 0. The van der Waals surface area contributed by atoms with Crippen molar-refractivity contribution < 1.29 is 9.15 Å². The molecular weight excluding hydrogens is 776 g/mol. The van der Waals surface area contributed by atoms with Crippen LogP contribution in [0.1, 0.15) is 37.5 Å². The number of hydrogen-bond donors (Lipinski definition) is 1. The summed E-state index contributed by atoms with van der Waals surface area (Å²) in [7, 11) is 0.745. The summed E-state index contributed by atoms with van der Waals surface area (Å²) >= 11 is 1.87. The van der Waals surface area contributed by atoms with Crippen molar-refractivity contribution in [2.75, 3.05) is 5.32 Å². The van der Waals surface area contributed by atoms with Gasteiger partial charge in [0, 0.05) is 87.4 Å². The number of furan rings is 1. The summed E-state index contributed by atoms with van der Waals surface area (Å²) in [5, 5.41) is 11.1. The highest BCUT2D eigenvalue weighted by Gasteiger charge is 2.30. The third-order valence-corrected chi connectivity index (χ3v) is 14.2. The second kappa shape index (κ2) is 12.9. The molecule has 2 aliphatic rings. The Labute approximate surface area is 363 Å². The average molecular weight is 815 g/mol. The number of thiophene rings is 1. The number of nitrogens with zero attached hydrogens (tertiary/aromatic N) is 1. The Morgan fingerprint density at radius 2 is 1.42 bits per heavy atom. The maximum atomic E-state index is 6.77. The van der Waals surface area contributed by atoms with Gasteiger partial charge in [0.2, 0.25) is 0 Å². The summed E-state index contributed by atoms with van der Waals surface area (Å²) in [6, 6.07) is 55.0. The van der Waals surface area contributed by atoms with Gasteiger partial charge in [-0.25, -0.2) is 0 Å². The van der Waals surface area contributed by atoms with Gasteiger partial charge in [-0.15, -0.1) is 11.3 Å². The molecule has 62 heavy (non-hydrogen) atoms. The molecule has 0 aliphatic carbocycles. The predicted molar refractivity (Wildman–Crippen MR) is 265 cm³/mol. The summed E-state index contributed by atoms with van der Waals surface area (Å²) in [6.07, 6.45) is 2.07. The predicted octanol–water partition coefficient (Wildman–Crippen LogP) is 13.9. The first-order chi connectivity index (χ1) is 30.2. The number of benzene rings is 8. The van der Waals surface area contributed by atoms with Gasteiger partial charge >= 0.3 is 0 Å². The van der Waals surface area contributed by atoms with Gasteiger partial charge in [-0.3, -0.25) is 0 Å². The maximum Gasteiger partial charge on any atom is 0.198 e. The summed E-state index contributed by atoms with van der Waals surface area (Å²) in [5.74, 6) is 1.64. The largest absolute Gasteiger partial charge is 0.456 e. The van der Waals surface area contributed by atoms with Crippen molar-refractivity contribution in [1.29, 1.82) is 0 Å². The number of anilines is 2. The lowest BCUT2D eigenvalue weighted by Crippen LogP contribution is -2.37. The van der Waals surface area contributed by atoms with Gasteiger partial charge < -0.3 is 19.0 Å². The van der Waals surface area contributed by atoms with E-state index in [4.69, 9.17) is 9.15 Å². The first-order valence-corrected chi connectivity index (χ1v) is 22.1. The second-order valence-electron chi connectivity index (χ2n) is 17.9. The molecular formula is C56H39BN2O2S. The lowest BCUT2D eigenvalue weighted by atomic mass is 9.58. The van der Waals surface area contributed by atoms with Gasteiger partial charge in [0.05, 0.1) is 11.2 Å². The molecule has 3 aromatic heterocycles. The van der Waals surface area contributed by atoms with Crippen LogP contribution in [0.2, 0.25) is 0 Å². The van der Waals surface area contributed by atoms with Crippen molar-refractivity contribution >= 4 is 116 Å². The SMILES string of the molecule is C=C1C=C(c2ccccc2)Oc2cc3c(cc21)Bc1c(-c2cc4c(cc2Nc2ccc(C(C)(C)C)cc2)oc2ccccc24)ccc2c4cc5sc6ccccc6c5cc4n-3c12. The average Bonchev–Trinajstić information content (AvgIpc) is 3.94. The highest BCUT2D eigenvalue weighted by molar-refractivity contribution is 7.25. The third-order valence-electron chi connectivity index (χ3n) is 13.1. The van der Waals surface area contributed by atoms with Crippen LogP contribution in [0.4, 0.5) is 11.4 Å². The zero-order valence-corrected chi connectivity index (χ0v) is 35.4. The highest BCUT2D eigenvalue weighted by atomic mass is 32.1. The number of rotatable bonds is 4. The van der Waals surface area contributed by atoms with Crippen LogP contribution < -0.4 is 21.0 Å². The van der Waals surface area contributed by atoms with E-state index in [1.807, 2.05) is 35.6 Å². The van der Waals surface area contributed by atoms with Crippen LogP contribution >= 0.6 is 11.3 Å². The standard InChI is InChI=1S/C56H39BN2O2S/c1-31-24-49(32-12-6-5-7-13-32)61-51-30-47-44(26-39(31)51)57-54-37(22-23-38-41-28-53-43(27-46(41)59(47)55(38)54)36-15-9-11-17-52(36)62-53)40-25-42-35-14-8-10-16-48(35)60-50(42)29-45(40)58-34-20-18-33(19-21-34)56(2,3)4/h5-30,57-58H,1H2,2-4H3. The minimum atomic E-state index is 0.0596. The quantitative estimate of drug-likeness (QED) is 0.180. The molecule has 13 rings (SSSR count). The molecule has 0 spiro atoms. The first-order valence-electron chi connectivity index (χ1n) is 21.3. The Balaban J connectivity index is 1.08. The van der Waals surface area contributed by atoms with Crippen molar-refractivity contribution in [1.82, 2.24) is 4.57 Å². The van der Waals surface area contributed by atoms with E-state index in [1.165, 1.54) is 64.0 Å². The van der Waals surface area contributed by atoms with Crippen molar-refractivity contribution in [2.45, 2.75) is 26.2 Å². The van der Waals surface area contributed by atoms with E-state index >= 15 is 0 Å². The zero-order chi connectivity index (χ0) is 41.4. The monoisotopic (exact) mass is 814 g/mol. The molecule has 6 heteroatoms. The minimum Gasteiger partial charge on any atom is -0.456 e. The van der Waals surface area contributed by atoms with E-state index in [9.17, 15) is 0 Å². The smallest absolute Gasteiger partial charge is 0.198 e. The second-order valence-corrected chi connectivity index (χ2v) is 19.0.